The summed E-state index contributed by atoms with van der Waals surface area (Å²) in [5.41, 5.74) is 1.35. The van der Waals surface area contributed by atoms with E-state index in [4.69, 9.17) is 0 Å². The van der Waals surface area contributed by atoms with E-state index < -0.39 is 0 Å². The average Bonchev–Trinajstić information content (AvgIpc) is 2.26. The van der Waals surface area contributed by atoms with Crippen LogP contribution in [0.15, 0.2) is 28.7 Å². The second-order valence-corrected chi connectivity index (χ2v) is 5.61. The van der Waals surface area contributed by atoms with E-state index in [2.05, 4.69) is 73.2 Å². The maximum Gasteiger partial charge on any atom is 0.0294 e. The van der Waals surface area contributed by atoms with Gasteiger partial charge in [0.05, 0.1) is 0 Å². The van der Waals surface area contributed by atoms with Crippen molar-refractivity contribution in [1.82, 2.24) is 5.32 Å². The first-order valence-electron chi connectivity index (χ1n) is 6.06. The molecular weight excluding hydrogens is 262 g/mol. The summed E-state index contributed by atoms with van der Waals surface area (Å²) in [7, 11) is 0. The summed E-state index contributed by atoms with van der Waals surface area (Å²) in [6, 6.07) is 9.57. The number of hydrogen-bond acceptors (Lipinski definition) is 1. The van der Waals surface area contributed by atoms with Gasteiger partial charge in [0, 0.05) is 16.6 Å². The van der Waals surface area contributed by atoms with Crippen molar-refractivity contribution in [3.05, 3.63) is 34.3 Å². The fraction of sp³-hybridized carbons (Fsp3) is 0.571. The van der Waals surface area contributed by atoms with Gasteiger partial charge in [0.15, 0.2) is 0 Å². The van der Waals surface area contributed by atoms with E-state index in [-0.39, 0.29) is 0 Å². The van der Waals surface area contributed by atoms with Crippen molar-refractivity contribution in [3.63, 3.8) is 0 Å². The molecule has 0 bridgehead atoms. The second kappa shape index (κ2) is 6.41. The molecule has 0 radical (unpaired) electrons. The molecule has 0 aliphatic carbocycles. The molecule has 2 atom stereocenters. The molecule has 0 aromatic heterocycles. The minimum absolute atomic E-state index is 0.417. The van der Waals surface area contributed by atoms with Gasteiger partial charge in [-0.15, -0.1) is 0 Å². The third kappa shape index (κ3) is 3.91. The van der Waals surface area contributed by atoms with Crippen LogP contribution >= 0.6 is 15.9 Å². The molecule has 90 valence electrons. The minimum Gasteiger partial charge on any atom is -0.307 e. The number of hydrogen-bond donors (Lipinski definition) is 1. The van der Waals surface area contributed by atoms with Gasteiger partial charge in [-0.05, 0) is 37.0 Å². The lowest BCUT2D eigenvalue weighted by molar-refractivity contribution is 0.356. The summed E-state index contributed by atoms with van der Waals surface area (Å²) in [5.74, 6) is 0.683. The first-order valence-corrected chi connectivity index (χ1v) is 6.85. The summed E-state index contributed by atoms with van der Waals surface area (Å²) in [6.45, 7) is 9.02. The highest BCUT2D eigenvalue weighted by Gasteiger charge is 2.14. The summed E-state index contributed by atoms with van der Waals surface area (Å²) >= 11 is 3.46. The number of nitrogens with one attached hydrogen (secondary N) is 1. The number of rotatable bonds is 5. The van der Waals surface area contributed by atoms with E-state index in [0.717, 1.165) is 4.47 Å². The summed E-state index contributed by atoms with van der Waals surface area (Å²) in [4.78, 5) is 0. The van der Waals surface area contributed by atoms with Gasteiger partial charge < -0.3 is 5.32 Å². The zero-order chi connectivity index (χ0) is 12.1. The van der Waals surface area contributed by atoms with Crippen molar-refractivity contribution in [3.8, 4) is 0 Å². The summed E-state index contributed by atoms with van der Waals surface area (Å²) in [6.07, 6.45) is 1.18. The predicted octanol–water partition coefficient (Wildman–Crippen LogP) is 4.53. The minimum atomic E-state index is 0.417. The van der Waals surface area contributed by atoms with Gasteiger partial charge >= 0.3 is 0 Å². The van der Waals surface area contributed by atoms with E-state index in [1.165, 1.54) is 12.0 Å². The number of halogens is 1. The quantitative estimate of drug-likeness (QED) is 0.837. The van der Waals surface area contributed by atoms with Crippen LogP contribution in [0, 0.1) is 5.92 Å². The molecule has 1 nitrogen and oxygen atoms in total. The number of benzene rings is 1. The Kier molecular flexibility index (Phi) is 5.50. The predicted molar refractivity (Wildman–Crippen MR) is 74.6 cm³/mol. The molecule has 1 aromatic rings. The highest BCUT2D eigenvalue weighted by atomic mass is 79.9. The first-order chi connectivity index (χ1) is 7.54. The topological polar surface area (TPSA) is 12.0 Å². The normalized spacial score (nSPS) is 15.1. The molecule has 0 aliphatic heterocycles. The van der Waals surface area contributed by atoms with E-state index >= 15 is 0 Å². The van der Waals surface area contributed by atoms with Gasteiger partial charge in [0.2, 0.25) is 0 Å². The fourth-order valence-corrected chi connectivity index (χ4v) is 2.21. The third-order valence-corrected chi connectivity index (χ3v) is 3.61. The fourth-order valence-electron chi connectivity index (χ4n) is 1.95. The van der Waals surface area contributed by atoms with Crippen LogP contribution in [-0.4, -0.2) is 6.04 Å². The van der Waals surface area contributed by atoms with Crippen LogP contribution in [0.5, 0.6) is 0 Å². The van der Waals surface area contributed by atoms with Gasteiger partial charge in [0.25, 0.3) is 0 Å². The highest BCUT2D eigenvalue weighted by Crippen LogP contribution is 2.18. The third-order valence-electron chi connectivity index (χ3n) is 3.08. The lowest BCUT2D eigenvalue weighted by Crippen LogP contribution is -2.35. The maximum absolute atomic E-state index is 3.69. The molecule has 0 saturated carbocycles. The SMILES string of the molecule is CCC(N[C@H](C)c1ccc(Br)cc1)C(C)C. The van der Waals surface area contributed by atoms with Crippen molar-refractivity contribution < 1.29 is 0 Å². The largest absolute Gasteiger partial charge is 0.307 e. The molecule has 1 unspecified atom stereocenters. The Morgan fingerprint density at radius 1 is 1.12 bits per heavy atom. The second-order valence-electron chi connectivity index (χ2n) is 4.70. The smallest absolute Gasteiger partial charge is 0.0294 e. The Labute approximate surface area is 108 Å². The molecule has 0 aliphatic rings. The Bertz CT molecular complexity index is 305. The van der Waals surface area contributed by atoms with E-state index in [1.54, 1.807) is 0 Å². The van der Waals surface area contributed by atoms with Crippen LogP contribution in [0.3, 0.4) is 0 Å². The van der Waals surface area contributed by atoms with Crippen molar-refractivity contribution in [2.45, 2.75) is 46.2 Å². The van der Waals surface area contributed by atoms with Crippen LogP contribution in [0.1, 0.15) is 45.7 Å². The van der Waals surface area contributed by atoms with Gasteiger partial charge in [-0.25, -0.2) is 0 Å². The molecule has 1 N–H and O–H groups in total. The zero-order valence-electron chi connectivity index (χ0n) is 10.6. The van der Waals surface area contributed by atoms with Crippen LogP contribution in [0.2, 0.25) is 0 Å². The standard InChI is InChI=1S/C14H22BrN/c1-5-14(10(2)3)16-11(4)12-6-8-13(15)9-7-12/h6-11,14,16H,5H2,1-4H3/t11-,14?/m1/s1. The molecule has 1 aromatic carbocycles. The average molecular weight is 284 g/mol. The molecule has 0 fully saturated rings. The zero-order valence-corrected chi connectivity index (χ0v) is 12.2. The van der Waals surface area contributed by atoms with Crippen molar-refractivity contribution >= 4 is 15.9 Å². The molecule has 0 heterocycles. The lowest BCUT2D eigenvalue weighted by atomic mass is 9.99. The molecule has 0 spiro atoms. The van der Waals surface area contributed by atoms with Gasteiger partial charge in [-0.2, -0.15) is 0 Å². The van der Waals surface area contributed by atoms with E-state index in [9.17, 15) is 0 Å². The van der Waals surface area contributed by atoms with Gasteiger partial charge in [-0.1, -0.05) is 48.8 Å². The highest BCUT2D eigenvalue weighted by molar-refractivity contribution is 9.10. The Hall–Kier alpha value is -0.340. The van der Waals surface area contributed by atoms with Crippen LogP contribution in [0.4, 0.5) is 0 Å². The Morgan fingerprint density at radius 3 is 2.12 bits per heavy atom. The Balaban J connectivity index is 2.64. The van der Waals surface area contributed by atoms with E-state index in [0.29, 0.717) is 18.0 Å². The lowest BCUT2D eigenvalue weighted by Gasteiger charge is -2.25. The maximum atomic E-state index is 3.69. The van der Waals surface area contributed by atoms with Crippen molar-refractivity contribution in [2.24, 2.45) is 5.92 Å². The summed E-state index contributed by atoms with van der Waals surface area (Å²) in [5, 5.41) is 3.69. The molecule has 0 saturated heterocycles. The monoisotopic (exact) mass is 283 g/mol. The van der Waals surface area contributed by atoms with Crippen LogP contribution in [0.25, 0.3) is 0 Å². The molecular formula is C14H22BrN. The van der Waals surface area contributed by atoms with E-state index in [1.807, 2.05) is 0 Å². The van der Waals surface area contributed by atoms with Crippen molar-refractivity contribution in [1.29, 1.82) is 0 Å². The Morgan fingerprint density at radius 2 is 1.69 bits per heavy atom. The molecule has 2 heteroatoms. The van der Waals surface area contributed by atoms with Crippen LogP contribution in [-0.2, 0) is 0 Å². The van der Waals surface area contributed by atoms with Crippen LogP contribution < -0.4 is 5.32 Å². The first kappa shape index (κ1) is 13.7. The summed E-state index contributed by atoms with van der Waals surface area (Å²) < 4.78 is 1.14. The molecule has 16 heavy (non-hydrogen) atoms. The van der Waals surface area contributed by atoms with Crippen molar-refractivity contribution in [2.75, 3.05) is 0 Å². The molecule has 1 rings (SSSR count). The molecule has 0 amide bonds. The van der Waals surface area contributed by atoms with Gasteiger partial charge in [0.1, 0.15) is 0 Å². The van der Waals surface area contributed by atoms with Gasteiger partial charge in [-0.3, -0.25) is 0 Å².